The van der Waals surface area contributed by atoms with Gasteiger partial charge in [-0.3, -0.25) is 0 Å². The van der Waals surface area contributed by atoms with Gasteiger partial charge in [-0.15, -0.1) is 0 Å². The fourth-order valence-corrected chi connectivity index (χ4v) is 3.41. The molecular formula is C15H22ClN. The van der Waals surface area contributed by atoms with Crippen LogP contribution in [-0.4, -0.2) is 13.6 Å². The molecule has 0 amide bonds. The molecular weight excluding hydrogens is 230 g/mol. The van der Waals surface area contributed by atoms with Gasteiger partial charge in [0.1, 0.15) is 0 Å². The Bertz CT molecular complexity index is 352. The molecule has 94 valence electrons. The highest BCUT2D eigenvalue weighted by Gasteiger charge is 2.44. The molecule has 0 radical (unpaired) electrons. The van der Waals surface area contributed by atoms with Crippen LogP contribution in [0.5, 0.6) is 0 Å². The zero-order valence-electron chi connectivity index (χ0n) is 10.8. The van der Waals surface area contributed by atoms with Crippen molar-refractivity contribution in [3.05, 3.63) is 34.9 Å². The van der Waals surface area contributed by atoms with Crippen LogP contribution in [-0.2, 0) is 5.41 Å². The van der Waals surface area contributed by atoms with Crippen molar-refractivity contribution in [2.24, 2.45) is 5.92 Å². The molecule has 1 aliphatic carbocycles. The van der Waals surface area contributed by atoms with Crippen LogP contribution in [0.3, 0.4) is 0 Å². The summed E-state index contributed by atoms with van der Waals surface area (Å²) in [5.41, 5.74) is 1.81. The summed E-state index contributed by atoms with van der Waals surface area (Å²) >= 11 is 5.96. The van der Waals surface area contributed by atoms with E-state index in [-0.39, 0.29) is 0 Å². The van der Waals surface area contributed by atoms with Gasteiger partial charge in [-0.2, -0.15) is 0 Å². The molecule has 0 atom stereocenters. The molecule has 0 aliphatic heterocycles. The van der Waals surface area contributed by atoms with Gasteiger partial charge in [0.15, 0.2) is 0 Å². The molecule has 0 heterocycles. The number of hydrogen-bond acceptors (Lipinski definition) is 1. The summed E-state index contributed by atoms with van der Waals surface area (Å²) < 4.78 is 0. The molecule has 1 aromatic rings. The molecule has 1 fully saturated rings. The zero-order valence-corrected chi connectivity index (χ0v) is 11.6. The molecule has 0 spiro atoms. The molecule has 1 saturated carbocycles. The topological polar surface area (TPSA) is 12.0 Å². The standard InChI is InChI=1S/C15H22ClN/c1-3-4-12-9-15(10-12,11-17-2)13-5-7-14(16)8-6-13/h5-8,12,17H,3-4,9-11H2,1-2H3. The van der Waals surface area contributed by atoms with Crippen molar-refractivity contribution < 1.29 is 0 Å². The summed E-state index contributed by atoms with van der Waals surface area (Å²) in [6, 6.07) is 8.42. The SMILES string of the molecule is CCCC1CC(CNC)(c2ccc(Cl)cc2)C1. The van der Waals surface area contributed by atoms with E-state index < -0.39 is 0 Å². The van der Waals surface area contributed by atoms with Crippen molar-refractivity contribution in [2.45, 2.75) is 38.0 Å². The average Bonchev–Trinajstić information content (AvgIpc) is 2.27. The highest BCUT2D eigenvalue weighted by Crippen LogP contribution is 2.49. The predicted octanol–water partition coefficient (Wildman–Crippen LogP) is 4.01. The summed E-state index contributed by atoms with van der Waals surface area (Å²) in [6.07, 6.45) is 5.33. The van der Waals surface area contributed by atoms with Gasteiger partial charge >= 0.3 is 0 Å². The zero-order chi connectivity index (χ0) is 12.3. The van der Waals surface area contributed by atoms with Crippen LogP contribution in [0.2, 0.25) is 5.02 Å². The van der Waals surface area contributed by atoms with Gasteiger partial charge in [0, 0.05) is 17.0 Å². The second-order valence-corrected chi connectivity index (χ2v) is 5.82. The fraction of sp³-hybridized carbons (Fsp3) is 0.600. The Hall–Kier alpha value is -0.530. The van der Waals surface area contributed by atoms with Crippen molar-refractivity contribution in [2.75, 3.05) is 13.6 Å². The normalized spacial score (nSPS) is 27.8. The molecule has 1 nitrogen and oxygen atoms in total. The van der Waals surface area contributed by atoms with Crippen LogP contribution in [0.4, 0.5) is 0 Å². The Balaban J connectivity index is 2.11. The summed E-state index contributed by atoms with van der Waals surface area (Å²) in [6.45, 7) is 3.36. The summed E-state index contributed by atoms with van der Waals surface area (Å²) in [7, 11) is 2.05. The van der Waals surface area contributed by atoms with Gasteiger partial charge in [-0.1, -0.05) is 43.5 Å². The Kier molecular flexibility index (Phi) is 4.11. The first kappa shape index (κ1) is 12.9. The van der Waals surface area contributed by atoms with Gasteiger partial charge in [-0.05, 0) is 43.5 Å². The van der Waals surface area contributed by atoms with Gasteiger partial charge in [-0.25, -0.2) is 0 Å². The largest absolute Gasteiger partial charge is 0.319 e. The highest BCUT2D eigenvalue weighted by molar-refractivity contribution is 6.30. The third-order valence-corrected chi connectivity index (χ3v) is 4.28. The molecule has 1 N–H and O–H groups in total. The summed E-state index contributed by atoms with van der Waals surface area (Å²) in [4.78, 5) is 0. The number of rotatable bonds is 5. The number of likely N-dealkylation sites (N-methyl/N-ethyl adjacent to an activating group) is 1. The van der Waals surface area contributed by atoms with Crippen LogP contribution in [0, 0.1) is 5.92 Å². The summed E-state index contributed by atoms with van der Waals surface area (Å²) in [5.74, 6) is 0.920. The smallest absolute Gasteiger partial charge is 0.0406 e. The molecule has 0 saturated heterocycles. The monoisotopic (exact) mass is 251 g/mol. The van der Waals surface area contributed by atoms with E-state index in [0.717, 1.165) is 17.5 Å². The van der Waals surface area contributed by atoms with Crippen molar-refractivity contribution in [3.8, 4) is 0 Å². The molecule has 1 aromatic carbocycles. The van der Waals surface area contributed by atoms with Crippen molar-refractivity contribution >= 4 is 11.6 Å². The maximum Gasteiger partial charge on any atom is 0.0406 e. The van der Waals surface area contributed by atoms with Crippen molar-refractivity contribution in [1.82, 2.24) is 5.32 Å². The van der Waals surface area contributed by atoms with E-state index in [1.165, 1.54) is 31.2 Å². The molecule has 2 heteroatoms. The Morgan fingerprint density at radius 2 is 1.94 bits per heavy atom. The van der Waals surface area contributed by atoms with Crippen LogP contribution in [0.15, 0.2) is 24.3 Å². The van der Waals surface area contributed by atoms with Gasteiger partial charge in [0.25, 0.3) is 0 Å². The van der Waals surface area contributed by atoms with Crippen LogP contribution >= 0.6 is 11.6 Å². The van der Waals surface area contributed by atoms with E-state index in [1.54, 1.807) is 0 Å². The first-order chi connectivity index (χ1) is 8.20. The van der Waals surface area contributed by atoms with Crippen molar-refractivity contribution in [3.63, 3.8) is 0 Å². The Labute approximate surface area is 110 Å². The first-order valence-corrected chi connectivity index (χ1v) is 6.98. The second-order valence-electron chi connectivity index (χ2n) is 5.38. The molecule has 2 rings (SSSR count). The number of nitrogens with one attached hydrogen (secondary N) is 1. The molecule has 0 unspecified atom stereocenters. The number of hydrogen-bond donors (Lipinski definition) is 1. The van der Waals surface area contributed by atoms with Gasteiger partial charge < -0.3 is 5.32 Å². The summed E-state index contributed by atoms with van der Waals surface area (Å²) in [5, 5.41) is 4.18. The molecule has 1 aliphatic rings. The van der Waals surface area contributed by atoms with E-state index in [0.29, 0.717) is 5.41 Å². The van der Waals surface area contributed by atoms with E-state index in [4.69, 9.17) is 11.6 Å². The number of halogens is 1. The van der Waals surface area contributed by atoms with Gasteiger partial charge in [0.2, 0.25) is 0 Å². The minimum atomic E-state index is 0.360. The lowest BCUT2D eigenvalue weighted by Gasteiger charge is -2.48. The van der Waals surface area contributed by atoms with E-state index in [2.05, 4.69) is 24.4 Å². The third kappa shape index (κ3) is 2.66. The molecule has 0 bridgehead atoms. The maximum absolute atomic E-state index is 5.96. The fourth-order valence-electron chi connectivity index (χ4n) is 3.28. The lowest BCUT2D eigenvalue weighted by Crippen LogP contribution is -2.47. The van der Waals surface area contributed by atoms with Crippen molar-refractivity contribution in [1.29, 1.82) is 0 Å². The molecule has 17 heavy (non-hydrogen) atoms. The minimum Gasteiger partial charge on any atom is -0.319 e. The maximum atomic E-state index is 5.96. The lowest BCUT2D eigenvalue weighted by molar-refractivity contribution is 0.131. The average molecular weight is 252 g/mol. The molecule has 0 aromatic heterocycles. The predicted molar refractivity (Wildman–Crippen MR) is 74.7 cm³/mol. The quantitative estimate of drug-likeness (QED) is 0.834. The van der Waals surface area contributed by atoms with Gasteiger partial charge in [0.05, 0.1) is 0 Å². The number of benzene rings is 1. The van der Waals surface area contributed by atoms with E-state index in [9.17, 15) is 0 Å². The van der Waals surface area contributed by atoms with Crippen LogP contribution in [0.25, 0.3) is 0 Å². The minimum absolute atomic E-state index is 0.360. The van der Waals surface area contributed by atoms with E-state index >= 15 is 0 Å². The Morgan fingerprint density at radius 1 is 1.29 bits per heavy atom. The lowest BCUT2D eigenvalue weighted by atomic mass is 9.57. The van der Waals surface area contributed by atoms with E-state index in [1.807, 2.05) is 19.2 Å². The highest BCUT2D eigenvalue weighted by atomic mass is 35.5. The third-order valence-electron chi connectivity index (χ3n) is 4.03. The Morgan fingerprint density at radius 3 is 2.47 bits per heavy atom. The second kappa shape index (κ2) is 5.41. The van der Waals surface area contributed by atoms with Crippen LogP contribution < -0.4 is 5.32 Å². The first-order valence-electron chi connectivity index (χ1n) is 6.61. The van der Waals surface area contributed by atoms with Crippen LogP contribution in [0.1, 0.15) is 38.2 Å².